The van der Waals surface area contributed by atoms with Gasteiger partial charge < -0.3 is 9.42 Å². The van der Waals surface area contributed by atoms with E-state index in [0.29, 0.717) is 35.8 Å². The van der Waals surface area contributed by atoms with E-state index in [1.165, 1.54) is 6.07 Å². The van der Waals surface area contributed by atoms with Gasteiger partial charge in [-0.3, -0.25) is 4.79 Å². The molecule has 2 aromatic carbocycles. The van der Waals surface area contributed by atoms with Gasteiger partial charge in [-0.2, -0.15) is 4.98 Å². The Bertz CT molecular complexity index is 1190. The SMILES string of the molecule is CCC(=O)N1CCc2cc(S(=O)(=O)NCc3nc(-c4ccc(Cl)cc4)no3)ccc21. The average molecular weight is 447 g/mol. The van der Waals surface area contributed by atoms with Crippen molar-refractivity contribution in [3.8, 4) is 11.4 Å². The molecule has 0 aliphatic carbocycles. The Kier molecular flexibility index (Phi) is 5.59. The van der Waals surface area contributed by atoms with Gasteiger partial charge in [-0.05, 0) is 54.4 Å². The lowest BCUT2D eigenvalue weighted by Crippen LogP contribution is -2.27. The van der Waals surface area contributed by atoms with Gasteiger partial charge in [0.1, 0.15) is 0 Å². The molecule has 0 fully saturated rings. The highest BCUT2D eigenvalue weighted by Crippen LogP contribution is 2.30. The quantitative estimate of drug-likeness (QED) is 0.623. The van der Waals surface area contributed by atoms with Gasteiger partial charge in [0.25, 0.3) is 0 Å². The molecule has 2 heterocycles. The van der Waals surface area contributed by atoms with Crippen LogP contribution in [0.3, 0.4) is 0 Å². The number of amides is 1. The van der Waals surface area contributed by atoms with Crippen LogP contribution in [0.5, 0.6) is 0 Å². The van der Waals surface area contributed by atoms with E-state index in [0.717, 1.165) is 11.3 Å². The minimum Gasteiger partial charge on any atom is -0.338 e. The largest absolute Gasteiger partial charge is 0.338 e. The van der Waals surface area contributed by atoms with Crippen molar-refractivity contribution in [3.63, 3.8) is 0 Å². The number of anilines is 1. The normalized spacial score (nSPS) is 13.5. The Hall–Kier alpha value is -2.75. The van der Waals surface area contributed by atoms with Gasteiger partial charge in [0.05, 0.1) is 11.4 Å². The van der Waals surface area contributed by atoms with E-state index in [1.807, 2.05) is 0 Å². The van der Waals surface area contributed by atoms with Crippen LogP contribution in [0, 0.1) is 0 Å². The van der Waals surface area contributed by atoms with E-state index in [-0.39, 0.29) is 23.2 Å². The third-order valence-corrected chi connectivity index (χ3v) is 6.50. The number of benzene rings is 2. The number of hydrogen-bond donors (Lipinski definition) is 1. The lowest BCUT2D eigenvalue weighted by Gasteiger charge is -2.16. The molecule has 1 N–H and O–H groups in total. The predicted octanol–water partition coefficient (Wildman–Crippen LogP) is 3.17. The maximum absolute atomic E-state index is 12.7. The number of aromatic nitrogens is 2. The number of sulfonamides is 1. The van der Waals surface area contributed by atoms with Crippen molar-refractivity contribution in [2.24, 2.45) is 0 Å². The summed E-state index contributed by atoms with van der Waals surface area (Å²) in [5.74, 6) is 0.513. The fraction of sp³-hybridized carbons (Fsp3) is 0.250. The van der Waals surface area contributed by atoms with E-state index in [4.69, 9.17) is 16.1 Å². The molecule has 1 aliphatic rings. The summed E-state index contributed by atoms with van der Waals surface area (Å²) in [6.45, 7) is 2.23. The van der Waals surface area contributed by atoms with Gasteiger partial charge in [-0.15, -0.1) is 0 Å². The van der Waals surface area contributed by atoms with Gasteiger partial charge in [-0.25, -0.2) is 13.1 Å². The Morgan fingerprint density at radius 3 is 2.73 bits per heavy atom. The molecule has 1 aliphatic heterocycles. The van der Waals surface area contributed by atoms with E-state index in [1.54, 1.807) is 48.2 Å². The highest BCUT2D eigenvalue weighted by Gasteiger charge is 2.26. The maximum Gasteiger partial charge on any atom is 0.242 e. The molecule has 156 valence electrons. The summed E-state index contributed by atoms with van der Waals surface area (Å²) in [7, 11) is -3.78. The molecule has 0 unspecified atom stereocenters. The molecule has 1 amide bonds. The molecule has 0 bridgehead atoms. The second-order valence-electron chi connectivity index (χ2n) is 6.78. The highest BCUT2D eigenvalue weighted by molar-refractivity contribution is 7.89. The molecular formula is C20H19ClN4O4S. The summed E-state index contributed by atoms with van der Waals surface area (Å²) in [6.07, 6.45) is 1.03. The molecule has 10 heteroatoms. The molecule has 3 aromatic rings. The van der Waals surface area contributed by atoms with Crippen molar-refractivity contribution in [2.75, 3.05) is 11.4 Å². The highest BCUT2D eigenvalue weighted by atomic mass is 35.5. The molecule has 0 atom stereocenters. The predicted molar refractivity (Wildman–Crippen MR) is 112 cm³/mol. The number of carbonyl (C=O) groups excluding carboxylic acids is 1. The van der Waals surface area contributed by atoms with Crippen molar-refractivity contribution >= 4 is 33.2 Å². The summed E-state index contributed by atoms with van der Waals surface area (Å²) in [6, 6.07) is 11.7. The fourth-order valence-electron chi connectivity index (χ4n) is 3.28. The van der Waals surface area contributed by atoms with Crippen LogP contribution in [0.2, 0.25) is 5.02 Å². The first-order chi connectivity index (χ1) is 14.4. The van der Waals surface area contributed by atoms with E-state index < -0.39 is 10.0 Å². The summed E-state index contributed by atoms with van der Waals surface area (Å²) in [4.78, 5) is 18.0. The number of hydrogen-bond acceptors (Lipinski definition) is 6. The van der Waals surface area contributed by atoms with E-state index in [9.17, 15) is 13.2 Å². The van der Waals surface area contributed by atoms with Crippen LogP contribution >= 0.6 is 11.6 Å². The zero-order chi connectivity index (χ0) is 21.3. The third-order valence-electron chi connectivity index (χ3n) is 4.84. The van der Waals surface area contributed by atoms with Gasteiger partial charge in [0.15, 0.2) is 0 Å². The summed E-state index contributed by atoms with van der Waals surface area (Å²) in [5.41, 5.74) is 2.31. The van der Waals surface area contributed by atoms with Crippen molar-refractivity contribution in [2.45, 2.75) is 31.2 Å². The lowest BCUT2D eigenvalue weighted by atomic mass is 10.2. The monoisotopic (exact) mass is 446 g/mol. The minimum atomic E-state index is -3.78. The van der Waals surface area contributed by atoms with Crippen molar-refractivity contribution in [1.82, 2.24) is 14.9 Å². The second-order valence-corrected chi connectivity index (χ2v) is 8.99. The van der Waals surface area contributed by atoms with Crippen LogP contribution in [0.15, 0.2) is 51.9 Å². The number of halogens is 1. The molecular weight excluding hydrogens is 428 g/mol. The Morgan fingerprint density at radius 1 is 1.23 bits per heavy atom. The minimum absolute atomic E-state index is 0.0235. The molecule has 0 spiro atoms. The van der Waals surface area contributed by atoms with Crippen LogP contribution < -0.4 is 9.62 Å². The molecule has 0 radical (unpaired) electrons. The van der Waals surface area contributed by atoms with Crippen LogP contribution in [-0.4, -0.2) is 31.0 Å². The van der Waals surface area contributed by atoms with E-state index in [2.05, 4.69) is 14.9 Å². The zero-order valence-electron chi connectivity index (χ0n) is 16.1. The molecule has 1 aromatic heterocycles. The van der Waals surface area contributed by atoms with Gasteiger partial charge in [0, 0.05) is 29.2 Å². The number of nitrogens with one attached hydrogen (secondary N) is 1. The molecule has 0 saturated heterocycles. The number of rotatable bonds is 6. The van der Waals surface area contributed by atoms with Crippen molar-refractivity contribution in [1.29, 1.82) is 0 Å². The van der Waals surface area contributed by atoms with Gasteiger partial charge in [0.2, 0.25) is 27.6 Å². The Labute approximate surface area is 178 Å². The topological polar surface area (TPSA) is 105 Å². The van der Waals surface area contributed by atoms with Crippen LogP contribution in [0.4, 0.5) is 5.69 Å². The Balaban J connectivity index is 1.47. The van der Waals surface area contributed by atoms with Crippen LogP contribution in [0.1, 0.15) is 24.8 Å². The zero-order valence-corrected chi connectivity index (χ0v) is 17.7. The molecule has 0 saturated carbocycles. The fourth-order valence-corrected chi connectivity index (χ4v) is 4.43. The number of carbonyl (C=O) groups is 1. The first-order valence-corrected chi connectivity index (χ1v) is 11.2. The second kappa shape index (κ2) is 8.17. The molecule has 30 heavy (non-hydrogen) atoms. The summed E-state index contributed by atoms with van der Waals surface area (Å²) < 4.78 is 33.0. The van der Waals surface area contributed by atoms with Crippen LogP contribution in [0.25, 0.3) is 11.4 Å². The van der Waals surface area contributed by atoms with E-state index >= 15 is 0 Å². The first-order valence-electron chi connectivity index (χ1n) is 9.39. The molecule has 4 rings (SSSR count). The average Bonchev–Trinajstić information content (AvgIpc) is 3.39. The molecule has 8 nitrogen and oxygen atoms in total. The van der Waals surface area contributed by atoms with Crippen LogP contribution in [-0.2, 0) is 27.8 Å². The number of nitrogens with zero attached hydrogens (tertiary/aromatic N) is 3. The third kappa shape index (κ3) is 4.09. The van der Waals surface area contributed by atoms with Crippen molar-refractivity contribution < 1.29 is 17.7 Å². The maximum atomic E-state index is 12.7. The van der Waals surface area contributed by atoms with Gasteiger partial charge >= 0.3 is 0 Å². The number of fused-ring (bicyclic) bond motifs is 1. The summed E-state index contributed by atoms with van der Waals surface area (Å²) in [5, 5.41) is 4.46. The Morgan fingerprint density at radius 2 is 2.00 bits per heavy atom. The van der Waals surface area contributed by atoms with Gasteiger partial charge in [-0.1, -0.05) is 23.7 Å². The summed E-state index contributed by atoms with van der Waals surface area (Å²) >= 11 is 5.87. The van der Waals surface area contributed by atoms with Crippen molar-refractivity contribution in [3.05, 3.63) is 58.9 Å². The smallest absolute Gasteiger partial charge is 0.242 e. The lowest BCUT2D eigenvalue weighted by molar-refractivity contribution is -0.118. The standard InChI is InChI=1S/C20H19ClN4O4S/c1-2-19(26)25-10-9-14-11-16(7-8-17(14)25)30(27,28)22-12-18-23-20(24-29-18)13-3-5-15(21)6-4-13/h3-8,11,22H,2,9-10,12H2,1H3. The first kappa shape index (κ1) is 20.5.